The van der Waals surface area contributed by atoms with Crippen molar-refractivity contribution in [1.29, 1.82) is 0 Å². The van der Waals surface area contributed by atoms with E-state index in [-0.39, 0.29) is 23.3 Å². The van der Waals surface area contributed by atoms with E-state index in [0.717, 1.165) is 12.1 Å². The molecule has 5 nitrogen and oxygen atoms in total. The van der Waals surface area contributed by atoms with E-state index in [0.29, 0.717) is 16.3 Å². The molecule has 26 heavy (non-hydrogen) atoms. The van der Waals surface area contributed by atoms with Crippen molar-refractivity contribution in [2.75, 3.05) is 11.1 Å². The maximum absolute atomic E-state index is 13.0. The minimum absolute atomic E-state index is 0.0533. The highest BCUT2D eigenvalue weighted by atomic mass is 35.5. The van der Waals surface area contributed by atoms with Crippen molar-refractivity contribution in [3.8, 4) is 11.4 Å². The number of halogens is 4. The summed E-state index contributed by atoms with van der Waals surface area (Å²) >= 11 is 5.83. The first-order valence-corrected chi connectivity index (χ1v) is 7.82. The number of nitrogen functional groups attached to an aromatic ring is 1. The zero-order valence-electron chi connectivity index (χ0n) is 13.5. The topological polar surface area (TPSA) is 76.7 Å². The van der Waals surface area contributed by atoms with Gasteiger partial charge in [0.15, 0.2) is 5.82 Å². The molecule has 0 aliphatic rings. The average molecular weight is 380 g/mol. The van der Waals surface area contributed by atoms with Gasteiger partial charge in [-0.2, -0.15) is 28.1 Å². The molecule has 2 aromatic carbocycles. The van der Waals surface area contributed by atoms with Crippen LogP contribution in [0.15, 0.2) is 42.5 Å². The standard InChI is InChI=1S/C17H13ClF3N5/c1-9-2-3-10(17(19,20)21)8-13(9)14-24-15(22)26-16(25-14)23-12-6-4-11(18)5-7-12/h2-8H,1H3,(H3,22,23,24,25,26). The second kappa shape index (κ2) is 6.80. The number of rotatable bonds is 3. The van der Waals surface area contributed by atoms with E-state index in [4.69, 9.17) is 17.3 Å². The monoisotopic (exact) mass is 379 g/mol. The predicted octanol–water partition coefficient (Wildman–Crippen LogP) is 4.85. The summed E-state index contributed by atoms with van der Waals surface area (Å²) in [5.41, 5.74) is 6.37. The van der Waals surface area contributed by atoms with Crippen LogP contribution in [0.25, 0.3) is 11.4 Å². The Morgan fingerprint density at radius 3 is 2.35 bits per heavy atom. The summed E-state index contributed by atoms with van der Waals surface area (Å²) in [5.74, 6) is 0.0625. The van der Waals surface area contributed by atoms with Crippen molar-refractivity contribution in [2.45, 2.75) is 13.1 Å². The third kappa shape index (κ3) is 4.02. The highest BCUT2D eigenvalue weighted by Crippen LogP contribution is 2.33. The van der Waals surface area contributed by atoms with Crippen molar-refractivity contribution in [2.24, 2.45) is 0 Å². The Bertz CT molecular complexity index is 942. The number of hydrogen-bond donors (Lipinski definition) is 2. The molecule has 0 spiro atoms. The van der Waals surface area contributed by atoms with Crippen LogP contribution in [0.3, 0.4) is 0 Å². The molecule has 0 radical (unpaired) electrons. The smallest absolute Gasteiger partial charge is 0.368 e. The Morgan fingerprint density at radius 1 is 1.00 bits per heavy atom. The lowest BCUT2D eigenvalue weighted by Gasteiger charge is -2.12. The average Bonchev–Trinajstić information content (AvgIpc) is 2.56. The third-order valence-corrected chi connectivity index (χ3v) is 3.81. The SMILES string of the molecule is Cc1ccc(C(F)(F)F)cc1-c1nc(N)nc(Nc2ccc(Cl)cc2)n1. The van der Waals surface area contributed by atoms with Crippen molar-refractivity contribution in [3.05, 3.63) is 58.6 Å². The zero-order valence-corrected chi connectivity index (χ0v) is 14.2. The fourth-order valence-electron chi connectivity index (χ4n) is 2.27. The number of benzene rings is 2. The predicted molar refractivity (Wildman–Crippen MR) is 94.1 cm³/mol. The normalized spacial score (nSPS) is 11.4. The molecule has 9 heteroatoms. The van der Waals surface area contributed by atoms with Crippen LogP contribution in [0.5, 0.6) is 0 Å². The lowest BCUT2D eigenvalue weighted by atomic mass is 10.0. The number of aromatic nitrogens is 3. The Hall–Kier alpha value is -2.87. The summed E-state index contributed by atoms with van der Waals surface area (Å²) in [7, 11) is 0. The van der Waals surface area contributed by atoms with Crippen LogP contribution in [0.4, 0.5) is 30.8 Å². The van der Waals surface area contributed by atoms with Crippen molar-refractivity contribution >= 4 is 29.2 Å². The molecule has 0 unspecified atom stereocenters. The number of nitrogens with two attached hydrogens (primary N) is 1. The van der Waals surface area contributed by atoms with Crippen LogP contribution in [-0.4, -0.2) is 15.0 Å². The van der Waals surface area contributed by atoms with Gasteiger partial charge in [0.05, 0.1) is 5.56 Å². The second-order valence-corrected chi connectivity index (χ2v) is 5.94. The molecule has 0 saturated heterocycles. The summed E-state index contributed by atoms with van der Waals surface area (Å²) in [4.78, 5) is 12.1. The highest BCUT2D eigenvalue weighted by Gasteiger charge is 2.31. The van der Waals surface area contributed by atoms with E-state index >= 15 is 0 Å². The van der Waals surface area contributed by atoms with Gasteiger partial charge in [-0.05, 0) is 48.9 Å². The Kier molecular flexibility index (Phi) is 4.69. The molecule has 3 aromatic rings. The Balaban J connectivity index is 2.01. The maximum atomic E-state index is 13.0. The largest absolute Gasteiger partial charge is 0.416 e. The molecule has 0 bridgehead atoms. The molecule has 0 amide bonds. The Labute approximate surface area is 152 Å². The van der Waals surface area contributed by atoms with Gasteiger partial charge in [0.1, 0.15) is 0 Å². The van der Waals surface area contributed by atoms with Crippen LogP contribution in [0, 0.1) is 6.92 Å². The summed E-state index contributed by atoms with van der Waals surface area (Å²) in [6, 6.07) is 10.1. The minimum Gasteiger partial charge on any atom is -0.368 e. The molecular formula is C17H13ClF3N5. The fourth-order valence-corrected chi connectivity index (χ4v) is 2.40. The van der Waals surface area contributed by atoms with Gasteiger partial charge >= 0.3 is 6.18 Å². The number of anilines is 3. The lowest BCUT2D eigenvalue weighted by molar-refractivity contribution is -0.137. The van der Waals surface area contributed by atoms with E-state index in [1.165, 1.54) is 6.07 Å². The maximum Gasteiger partial charge on any atom is 0.416 e. The van der Waals surface area contributed by atoms with Crippen LogP contribution in [-0.2, 0) is 6.18 Å². The third-order valence-electron chi connectivity index (χ3n) is 3.56. The van der Waals surface area contributed by atoms with Gasteiger partial charge in [-0.3, -0.25) is 0 Å². The van der Waals surface area contributed by atoms with E-state index < -0.39 is 11.7 Å². The lowest BCUT2D eigenvalue weighted by Crippen LogP contribution is -2.08. The van der Waals surface area contributed by atoms with Gasteiger partial charge in [-0.25, -0.2) is 0 Å². The number of aryl methyl sites for hydroxylation is 1. The molecule has 0 atom stereocenters. The van der Waals surface area contributed by atoms with Crippen LogP contribution in [0.2, 0.25) is 5.02 Å². The molecular weight excluding hydrogens is 367 g/mol. The summed E-state index contributed by atoms with van der Waals surface area (Å²) in [5, 5.41) is 3.48. The van der Waals surface area contributed by atoms with Gasteiger partial charge in [-0.1, -0.05) is 17.7 Å². The van der Waals surface area contributed by atoms with Gasteiger partial charge in [0.2, 0.25) is 11.9 Å². The first kappa shape index (κ1) is 17.9. The molecule has 1 heterocycles. The summed E-state index contributed by atoms with van der Waals surface area (Å²) in [6.07, 6.45) is -4.47. The molecule has 0 saturated carbocycles. The van der Waals surface area contributed by atoms with E-state index in [2.05, 4.69) is 20.3 Å². The molecule has 0 aliphatic carbocycles. The van der Waals surface area contributed by atoms with Crippen molar-refractivity contribution < 1.29 is 13.2 Å². The molecule has 3 N–H and O–H groups in total. The number of nitrogens with one attached hydrogen (secondary N) is 1. The number of alkyl halides is 3. The molecule has 3 rings (SSSR count). The summed E-state index contributed by atoms with van der Waals surface area (Å²) in [6.45, 7) is 1.67. The van der Waals surface area contributed by atoms with Crippen molar-refractivity contribution in [1.82, 2.24) is 15.0 Å². The molecule has 0 fully saturated rings. The molecule has 1 aromatic heterocycles. The quantitative estimate of drug-likeness (QED) is 0.680. The first-order valence-electron chi connectivity index (χ1n) is 7.45. The van der Waals surface area contributed by atoms with Crippen molar-refractivity contribution in [3.63, 3.8) is 0 Å². The number of hydrogen-bond acceptors (Lipinski definition) is 5. The fraction of sp³-hybridized carbons (Fsp3) is 0.118. The highest BCUT2D eigenvalue weighted by molar-refractivity contribution is 6.30. The van der Waals surface area contributed by atoms with Crippen LogP contribution >= 0.6 is 11.6 Å². The van der Waals surface area contributed by atoms with Gasteiger partial charge < -0.3 is 11.1 Å². The molecule has 0 aliphatic heterocycles. The van der Waals surface area contributed by atoms with Gasteiger partial charge in [0, 0.05) is 16.3 Å². The number of nitrogens with zero attached hydrogens (tertiary/aromatic N) is 3. The van der Waals surface area contributed by atoms with E-state index in [1.807, 2.05) is 0 Å². The van der Waals surface area contributed by atoms with E-state index in [9.17, 15) is 13.2 Å². The zero-order chi connectivity index (χ0) is 18.9. The second-order valence-electron chi connectivity index (χ2n) is 5.50. The van der Waals surface area contributed by atoms with Gasteiger partial charge in [0.25, 0.3) is 0 Å². The van der Waals surface area contributed by atoms with E-state index in [1.54, 1.807) is 31.2 Å². The minimum atomic E-state index is -4.47. The van der Waals surface area contributed by atoms with Gasteiger partial charge in [-0.15, -0.1) is 0 Å². The molecule has 134 valence electrons. The van der Waals surface area contributed by atoms with Crippen LogP contribution < -0.4 is 11.1 Å². The van der Waals surface area contributed by atoms with Crippen LogP contribution in [0.1, 0.15) is 11.1 Å². The Morgan fingerprint density at radius 2 is 1.69 bits per heavy atom. The summed E-state index contributed by atoms with van der Waals surface area (Å²) < 4.78 is 39.0. The first-order chi connectivity index (χ1) is 12.2.